The third-order valence-electron chi connectivity index (χ3n) is 3.97. The summed E-state index contributed by atoms with van der Waals surface area (Å²) in [6, 6.07) is 13.4. The Morgan fingerprint density at radius 1 is 1.13 bits per heavy atom. The first-order valence-corrected chi connectivity index (χ1v) is 11.7. The Balaban J connectivity index is 1.79. The quantitative estimate of drug-likeness (QED) is 0.512. The van der Waals surface area contributed by atoms with Crippen molar-refractivity contribution in [3.8, 4) is 5.69 Å². The highest BCUT2D eigenvalue weighted by atomic mass is 32.2. The van der Waals surface area contributed by atoms with Crippen LogP contribution in [0.4, 0.5) is 10.1 Å². The summed E-state index contributed by atoms with van der Waals surface area (Å²) >= 11 is 1.11. The van der Waals surface area contributed by atoms with Crippen LogP contribution in [0.2, 0.25) is 0 Å². The molecule has 0 atom stereocenters. The summed E-state index contributed by atoms with van der Waals surface area (Å²) < 4.78 is 40.7. The van der Waals surface area contributed by atoms with Gasteiger partial charge in [-0.05, 0) is 31.2 Å². The third-order valence-corrected chi connectivity index (χ3v) is 5.56. The van der Waals surface area contributed by atoms with E-state index >= 15 is 0 Å². The van der Waals surface area contributed by atoms with E-state index in [1.54, 1.807) is 10.6 Å². The van der Waals surface area contributed by atoms with Crippen molar-refractivity contribution in [1.29, 1.82) is 0 Å². The van der Waals surface area contributed by atoms with Crippen LogP contribution in [0.15, 0.2) is 53.7 Å². The van der Waals surface area contributed by atoms with Crippen LogP contribution < -0.4 is 10.0 Å². The molecule has 1 amide bonds. The van der Waals surface area contributed by atoms with E-state index in [9.17, 15) is 17.6 Å². The average Bonchev–Trinajstić information content (AvgIpc) is 3.10. The number of anilines is 1. The zero-order valence-corrected chi connectivity index (χ0v) is 17.9. The van der Waals surface area contributed by atoms with Gasteiger partial charge in [-0.2, -0.15) is 0 Å². The molecule has 158 valence electrons. The number of amides is 1. The molecule has 30 heavy (non-hydrogen) atoms. The summed E-state index contributed by atoms with van der Waals surface area (Å²) in [4.78, 5) is 12.2. The second-order valence-corrected chi connectivity index (χ2v) is 9.26. The van der Waals surface area contributed by atoms with E-state index in [1.807, 2.05) is 31.2 Å². The number of hydrogen-bond acceptors (Lipinski definition) is 6. The Morgan fingerprint density at radius 2 is 1.83 bits per heavy atom. The van der Waals surface area contributed by atoms with Crippen molar-refractivity contribution in [2.75, 3.05) is 17.3 Å². The molecule has 0 aliphatic carbocycles. The first-order chi connectivity index (χ1) is 14.2. The van der Waals surface area contributed by atoms with Gasteiger partial charge in [-0.15, -0.1) is 10.2 Å². The Morgan fingerprint density at radius 3 is 2.50 bits per heavy atom. The molecule has 2 aromatic carbocycles. The molecule has 11 heteroatoms. The van der Waals surface area contributed by atoms with Crippen LogP contribution in [0.25, 0.3) is 5.69 Å². The Kier molecular flexibility index (Phi) is 6.85. The Labute approximate surface area is 178 Å². The van der Waals surface area contributed by atoms with Gasteiger partial charge in [0.25, 0.3) is 0 Å². The van der Waals surface area contributed by atoms with E-state index in [4.69, 9.17) is 0 Å². The SMILES string of the molecule is Cc1ccc(-n2c(CNS(C)(=O)=O)nnc2SCC(=O)Nc2ccccc2F)cc1. The van der Waals surface area contributed by atoms with Crippen molar-refractivity contribution in [2.24, 2.45) is 0 Å². The molecule has 0 fully saturated rings. The number of thioether (sulfide) groups is 1. The predicted molar refractivity (Wildman–Crippen MR) is 114 cm³/mol. The molecule has 1 aromatic heterocycles. The summed E-state index contributed by atoms with van der Waals surface area (Å²) in [5, 5.41) is 11.1. The maximum absolute atomic E-state index is 13.7. The number of para-hydroxylation sites is 1. The normalized spacial score (nSPS) is 11.4. The maximum atomic E-state index is 13.7. The van der Waals surface area contributed by atoms with Crippen molar-refractivity contribution < 1.29 is 17.6 Å². The zero-order chi connectivity index (χ0) is 21.7. The molecule has 0 unspecified atom stereocenters. The van der Waals surface area contributed by atoms with Gasteiger partial charge in [0, 0.05) is 5.69 Å². The number of aryl methyl sites for hydroxylation is 1. The number of nitrogens with one attached hydrogen (secondary N) is 2. The van der Waals surface area contributed by atoms with Gasteiger partial charge in [0.2, 0.25) is 15.9 Å². The molecule has 3 rings (SSSR count). The highest BCUT2D eigenvalue weighted by Gasteiger charge is 2.17. The number of benzene rings is 2. The van der Waals surface area contributed by atoms with Crippen LogP contribution in [-0.2, 0) is 21.4 Å². The van der Waals surface area contributed by atoms with E-state index in [0.29, 0.717) is 11.0 Å². The lowest BCUT2D eigenvalue weighted by atomic mass is 10.2. The zero-order valence-electron chi connectivity index (χ0n) is 16.3. The molecule has 0 saturated heterocycles. The number of halogens is 1. The molecule has 0 bridgehead atoms. The Hall–Kier alpha value is -2.76. The molecule has 2 N–H and O–H groups in total. The first-order valence-electron chi connectivity index (χ1n) is 8.86. The monoisotopic (exact) mass is 449 g/mol. The second kappa shape index (κ2) is 9.37. The molecule has 8 nitrogen and oxygen atoms in total. The number of rotatable bonds is 8. The van der Waals surface area contributed by atoms with Gasteiger partial charge in [-0.3, -0.25) is 9.36 Å². The Bertz CT molecular complexity index is 1150. The lowest BCUT2D eigenvalue weighted by Gasteiger charge is -2.11. The van der Waals surface area contributed by atoms with Gasteiger partial charge >= 0.3 is 0 Å². The van der Waals surface area contributed by atoms with Crippen LogP contribution in [-0.4, -0.2) is 41.1 Å². The summed E-state index contributed by atoms with van der Waals surface area (Å²) in [5.41, 5.74) is 1.88. The molecular weight excluding hydrogens is 429 g/mol. The van der Waals surface area contributed by atoms with Crippen LogP contribution >= 0.6 is 11.8 Å². The van der Waals surface area contributed by atoms with Crippen LogP contribution in [0.1, 0.15) is 11.4 Å². The maximum Gasteiger partial charge on any atom is 0.234 e. The van der Waals surface area contributed by atoms with Crippen LogP contribution in [0.5, 0.6) is 0 Å². The number of aromatic nitrogens is 3. The molecule has 0 saturated carbocycles. The minimum absolute atomic E-state index is 0.0299. The molecule has 0 radical (unpaired) electrons. The highest BCUT2D eigenvalue weighted by molar-refractivity contribution is 7.99. The number of nitrogens with zero attached hydrogens (tertiary/aromatic N) is 3. The molecule has 1 heterocycles. The van der Waals surface area contributed by atoms with Gasteiger partial charge in [-0.25, -0.2) is 17.5 Å². The summed E-state index contributed by atoms with van der Waals surface area (Å²) in [7, 11) is -3.42. The first kappa shape index (κ1) is 21.9. The van der Waals surface area contributed by atoms with Gasteiger partial charge in [0.05, 0.1) is 24.2 Å². The van der Waals surface area contributed by atoms with Crippen molar-refractivity contribution in [3.63, 3.8) is 0 Å². The molecule has 0 spiro atoms. The molecule has 0 aliphatic rings. The third kappa shape index (κ3) is 5.88. The minimum atomic E-state index is -3.42. The van der Waals surface area contributed by atoms with Crippen molar-refractivity contribution in [2.45, 2.75) is 18.6 Å². The second-order valence-electron chi connectivity index (χ2n) is 6.48. The standard InChI is InChI=1S/C19H20FN5O3S2/c1-13-7-9-14(10-8-13)25-17(11-21-30(2,27)28)23-24-19(25)29-12-18(26)22-16-6-4-3-5-15(16)20/h3-10,21H,11-12H2,1-2H3,(H,22,26). The van der Waals surface area contributed by atoms with E-state index in [1.165, 1.54) is 18.2 Å². The summed E-state index contributed by atoms with van der Waals surface area (Å²) in [6.45, 7) is 1.90. The largest absolute Gasteiger partial charge is 0.323 e. The van der Waals surface area contributed by atoms with Crippen LogP contribution in [0, 0.1) is 12.7 Å². The fourth-order valence-electron chi connectivity index (χ4n) is 2.54. The van der Waals surface area contributed by atoms with Gasteiger partial charge in [0.1, 0.15) is 5.82 Å². The summed E-state index contributed by atoms with van der Waals surface area (Å²) in [6.07, 6.45) is 1.06. The van der Waals surface area contributed by atoms with E-state index in [-0.39, 0.29) is 18.0 Å². The predicted octanol–water partition coefficient (Wildman–Crippen LogP) is 2.49. The number of carbonyl (C=O) groups excluding carboxylic acids is 1. The molecule has 0 aliphatic heterocycles. The fraction of sp³-hybridized carbons (Fsp3) is 0.211. The average molecular weight is 450 g/mol. The van der Waals surface area contributed by atoms with E-state index < -0.39 is 21.7 Å². The minimum Gasteiger partial charge on any atom is -0.323 e. The van der Waals surface area contributed by atoms with Gasteiger partial charge in [-0.1, -0.05) is 41.6 Å². The number of carbonyl (C=O) groups is 1. The number of hydrogen-bond donors (Lipinski definition) is 2. The highest BCUT2D eigenvalue weighted by Crippen LogP contribution is 2.23. The van der Waals surface area contributed by atoms with Gasteiger partial charge in [0.15, 0.2) is 11.0 Å². The smallest absolute Gasteiger partial charge is 0.234 e. The van der Waals surface area contributed by atoms with Crippen LogP contribution in [0.3, 0.4) is 0 Å². The van der Waals surface area contributed by atoms with Crippen molar-refractivity contribution >= 4 is 33.4 Å². The van der Waals surface area contributed by atoms with Crippen molar-refractivity contribution in [3.05, 3.63) is 65.7 Å². The molecular formula is C19H20FN5O3S2. The molecule has 3 aromatic rings. The lowest BCUT2D eigenvalue weighted by molar-refractivity contribution is -0.113. The van der Waals surface area contributed by atoms with Gasteiger partial charge < -0.3 is 5.32 Å². The summed E-state index contributed by atoms with van der Waals surface area (Å²) in [5.74, 6) is -0.578. The topological polar surface area (TPSA) is 106 Å². The number of sulfonamides is 1. The van der Waals surface area contributed by atoms with E-state index in [0.717, 1.165) is 29.3 Å². The van der Waals surface area contributed by atoms with Crippen molar-refractivity contribution in [1.82, 2.24) is 19.5 Å². The lowest BCUT2D eigenvalue weighted by Crippen LogP contribution is -2.23. The fourth-order valence-corrected chi connectivity index (χ4v) is 3.70. The van der Waals surface area contributed by atoms with E-state index in [2.05, 4.69) is 20.2 Å².